The summed E-state index contributed by atoms with van der Waals surface area (Å²) in [4.78, 5) is 16.7. The van der Waals surface area contributed by atoms with Crippen LogP contribution in [-0.4, -0.2) is 17.3 Å². The van der Waals surface area contributed by atoms with E-state index in [-0.39, 0.29) is 5.91 Å². The molecule has 0 bridgehead atoms. The summed E-state index contributed by atoms with van der Waals surface area (Å²) in [6.07, 6.45) is 4.73. The highest BCUT2D eigenvalue weighted by Gasteiger charge is 2.45. The lowest BCUT2D eigenvalue weighted by molar-refractivity contribution is -0.123. The molecule has 0 unspecified atom stereocenters. The van der Waals surface area contributed by atoms with Crippen molar-refractivity contribution in [2.45, 2.75) is 37.6 Å². The highest BCUT2D eigenvalue weighted by atomic mass is 79.9. The number of nitrogens with one attached hydrogen (secondary N) is 1. The lowest BCUT2D eigenvalue weighted by Crippen LogP contribution is -2.37. The topological polar surface area (TPSA) is 41.5 Å². The van der Waals surface area contributed by atoms with Crippen molar-refractivity contribution < 1.29 is 4.79 Å². The molecule has 1 N–H and O–H groups in total. The highest BCUT2D eigenvalue weighted by Crippen LogP contribution is 2.36. The van der Waals surface area contributed by atoms with E-state index in [9.17, 15) is 4.79 Å². The normalized spacial score (nSPS) is 21.2. The van der Waals surface area contributed by atoms with Gasteiger partial charge in [-0.2, -0.15) is 0 Å². The third kappa shape index (κ3) is 2.09. The Bertz CT molecular complexity index is 518. The number of aliphatic imine (C=N–C) groups is 1. The minimum Gasteiger partial charge on any atom is -0.312 e. The molecule has 1 amide bonds. The average molecular weight is 307 g/mol. The van der Waals surface area contributed by atoms with Gasteiger partial charge in [-0.3, -0.25) is 9.79 Å². The second kappa shape index (κ2) is 4.50. The summed E-state index contributed by atoms with van der Waals surface area (Å²) >= 11 is 3.46. The monoisotopic (exact) mass is 306 g/mol. The van der Waals surface area contributed by atoms with Gasteiger partial charge in [-0.25, -0.2) is 0 Å². The fourth-order valence-electron chi connectivity index (χ4n) is 2.81. The fraction of sp³-hybridized carbons (Fsp3) is 0.429. The van der Waals surface area contributed by atoms with Crippen LogP contribution in [0.4, 0.5) is 0 Å². The maximum absolute atomic E-state index is 12.0. The maximum atomic E-state index is 12.0. The van der Waals surface area contributed by atoms with Crippen LogP contribution < -0.4 is 5.32 Å². The summed E-state index contributed by atoms with van der Waals surface area (Å²) in [5.41, 5.74) is 0.736. The van der Waals surface area contributed by atoms with Gasteiger partial charge in [0.05, 0.1) is 0 Å². The molecule has 3 rings (SSSR count). The average Bonchev–Trinajstić information content (AvgIpc) is 2.89. The van der Waals surface area contributed by atoms with Crippen molar-refractivity contribution in [3.05, 3.63) is 34.3 Å². The molecule has 0 radical (unpaired) electrons. The van der Waals surface area contributed by atoms with Crippen molar-refractivity contribution in [1.82, 2.24) is 5.32 Å². The first kappa shape index (κ1) is 11.9. The molecule has 1 spiro atoms. The molecule has 94 valence electrons. The van der Waals surface area contributed by atoms with Gasteiger partial charge in [-0.05, 0) is 30.5 Å². The van der Waals surface area contributed by atoms with E-state index in [1.54, 1.807) is 0 Å². The second-order valence-corrected chi connectivity index (χ2v) is 5.97. The summed E-state index contributed by atoms with van der Waals surface area (Å²) < 4.78 is 1.06. The summed E-state index contributed by atoms with van der Waals surface area (Å²) in [6.45, 7) is 0. The van der Waals surface area contributed by atoms with Crippen LogP contribution >= 0.6 is 15.9 Å². The van der Waals surface area contributed by atoms with Gasteiger partial charge in [-0.1, -0.05) is 40.9 Å². The molecule has 4 heteroatoms. The van der Waals surface area contributed by atoms with Gasteiger partial charge >= 0.3 is 0 Å². The number of rotatable bonds is 2. The fourth-order valence-corrected chi connectivity index (χ4v) is 3.25. The number of carbonyl (C=O) groups is 1. The molecule has 0 aromatic heterocycles. The van der Waals surface area contributed by atoms with E-state index < -0.39 is 5.54 Å². The third-order valence-electron chi connectivity index (χ3n) is 3.72. The molecule has 2 aliphatic rings. The van der Waals surface area contributed by atoms with Crippen LogP contribution in [0.5, 0.6) is 0 Å². The largest absolute Gasteiger partial charge is 0.312 e. The zero-order valence-electron chi connectivity index (χ0n) is 10.1. The van der Waals surface area contributed by atoms with Crippen LogP contribution in [0.15, 0.2) is 33.7 Å². The minimum atomic E-state index is -0.429. The Morgan fingerprint density at radius 3 is 2.83 bits per heavy atom. The van der Waals surface area contributed by atoms with E-state index >= 15 is 0 Å². The smallest absolute Gasteiger partial charge is 0.253 e. The SMILES string of the molecule is O=C1NC(Cc2cccc(Br)c2)=NC12CCCC2. The van der Waals surface area contributed by atoms with Crippen LogP contribution in [0.2, 0.25) is 0 Å². The van der Waals surface area contributed by atoms with Crippen molar-refractivity contribution in [3.63, 3.8) is 0 Å². The van der Waals surface area contributed by atoms with E-state index in [1.807, 2.05) is 12.1 Å². The first-order valence-electron chi connectivity index (χ1n) is 6.33. The molecule has 1 fully saturated rings. The van der Waals surface area contributed by atoms with Crippen molar-refractivity contribution >= 4 is 27.7 Å². The first-order chi connectivity index (χ1) is 8.68. The number of nitrogens with zero attached hydrogens (tertiary/aromatic N) is 1. The van der Waals surface area contributed by atoms with Crippen molar-refractivity contribution in [2.24, 2.45) is 4.99 Å². The molecule has 1 aliphatic carbocycles. The first-order valence-corrected chi connectivity index (χ1v) is 7.12. The van der Waals surface area contributed by atoms with Crippen LogP contribution in [0.1, 0.15) is 31.2 Å². The Morgan fingerprint density at radius 1 is 1.33 bits per heavy atom. The van der Waals surface area contributed by atoms with E-state index in [4.69, 9.17) is 0 Å². The number of benzene rings is 1. The Hall–Kier alpha value is -1.16. The van der Waals surface area contributed by atoms with Gasteiger partial charge in [0.15, 0.2) is 0 Å². The lowest BCUT2D eigenvalue weighted by atomic mass is 9.99. The number of amides is 1. The van der Waals surface area contributed by atoms with E-state index in [0.29, 0.717) is 6.42 Å². The van der Waals surface area contributed by atoms with Gasteiger partial charge in [0.2, 0.25) is 0 Å². The Balaban J connectivity index is 1.80. The Morgan fingerprint density at radius 2 is 2.11 bits per heavy atom. The summed E-state index contributed by atoms with van der Waals surface area (Å²) in [5.74, 6) is 0.921. The van der Waals surface area contributed by atoms with Gasteiger partial charge < -0.3 is 5.32 Å². The zero-order chi connectivity index (χ0) is 12.6. The number of hydrogen-bond acceptors (Lipinski definition) is 2. The van der Waals surface area contributed by atoms with Gasteiger partial charge in [-0.15, -0.1) is 0 Å². The van der Waals surface area contributed by atoms with Gasteiger partial charge in [0.25, 0.3) is 5.91 Å². The van der Waals surface area contributed by atoms with Crippen molar-refractivity contribution in [3.8, 4) is 0 Å². The minimum absolute atomic E-state index is 0.102. The standard InChI is InChI=1S/C14H15BrN2O/c15-11-5-3-4-10(8-11)9-12-16-13(18)14(17-12)6-1-2-7-14/h3-5,8H,1-2,6-7,9H2,(H,16,17,18). The van der Waals surface area contributed by atoms with Crippen molar-refractivity contribution in [2.75, 3.05) is 0 Å². The molecule has 1 saturated carbocycles. The summed E-state index contributed by atoms with van der Waals surface area (Å²) in [7, 11) is 0. The number of amidine groups is 1. The van der Waals surface area contributed by atoms with E-state index in [1.165, 1.54) is 5.56 Å². The Labute approximate surface area is 115 Å². The van der Waals surface area contributed by atoms with E-state index in [0.717, 1.165) is 36.0 Å². The van der Waals surface area contributed by atoms with Crippen molar-refractivity contribution in [1.29, 1.82) is 0 Å². The quantitative estimate of drug-likeness (QED) is 0.897. The molecule has 1 aliphatic heterocycles. The number of carbonyl (C=O) groups excluding carboxylic acids is 1. The molecule has 1 heterocycles. The van der Waals surface area contributed by atoms with E-state index in [2.05, 4.69) is 38.4 Å². The Kier molecular flexibility index (Phi) is 2.98. The van der Waals surface area contributed by atoms with Crippen LogP contribution in [-0.2, 0) is 11.2 Å². The number of halogens is 1. The zero-order valence-corrected chi connectivity index (χ0v) is 11.7. The third-order valence-corrected chi connectivity index (χ3v) is 4.21. The molecule has 1 aromatic carbocycles. The molecule has 3 nitrogen and oxygen atoms in total. The maximum Gasteiger partial charge on any atom is 0.253 e. The molecule has 18 heavy (non-hydrogen) atoms. The van der Waals surface area contributed by atoms with Gasteiger partial charge in [0, 0.05) is 10.9 Å². The van der Waals surface area contributed by atoms with Gasteiger partial charge in [0.1, 0.15) is 11.4 Å². The molecular formula is C14H15BrN2O. The predicted molar refractivity (Wildman–Crippen MR) is 74.6 cm³/mol. The molecule has 0 atom stereocenters. The summed E-state index contributed by atoms with van der Waals surface area (Å²) in [5, 5.41) is 2.95. The predicted octanol–water partition coefficient (Wildman–Crippen LogP) is 2.83. The second-order valence-electron chi connectivity index (χ2n) is 5.06. The molecular weight excluding hydrogens is 292 g/mol. The summed E-state index contributed by atoms with van der Waals surface area (Å²) in [6, 6.07) is 8.12. The lowest BCUT2D eigenvalue weighted by Gasteiger charge is -2.14. The molecule has 1 aromatic rings. The molecule has 0 saturated heterocycles. The highest BCUT2D eigenvalue weighted by molar-refractivity contribution is 9.10. The van der Waals surface area contributed by atoms with Crippen LogP contribution in [0.25, 0.3) is 0 Å². The van der Waals surface area contributed by atoms with Crippen LogP contribution in [0, 0.1) is 0 Å². The number of hydrogen-bond donors (Lipinski definition) is 1. The van der Waals surface area contributed by atoms with Crippen LogP contribution in [0.3, 0.4) is 0 Å².